The number of nitrogens with one attached hydrogen (secondary N) is 1. The number of amides is 1. The average molecular weight is 809 g/mol. The van der Waals surface area contributed by atoms with E-state index < -0.39 is 26.6 Å². The van der Waals surface area contributed by atoms with Gasteiger partial charge in [-0.3, -0.25) is 9.36 Å². The van der Waals surface area contributed by atoms with Crippen LogP contribution in [0.15, 0.2) is 48.6 Å². The number of aliphatic hydroxyl groups is 1. The normalized spacial score (nSPS) is 14.8. The highest BCUT2D eigenvalue weighted by Crippen LogP contribution is 2.38. The lowest BCUT2D eigenvalue weighted by atomic mass is 10.0. The van der Waals surface area contributed by atoms with E-state index in [1.807, 2.05) is 40.2 Å². The highest BCUT2D eigenvalue weighted by Gasteiger charge is 2.23. The van der Waals surface area contributed by atoms with E-state index in [9.17, 15) is 19.4 Å². The summed E-state index contributed by atoms with van der Waals surface area (Å²) in [6.07, 6.45) is 49.2. The molecule has 3 atom stereocenters. The van der Waals surface area contributed by atoms with E-state index in [0.717, 1.165) is 44.9 Å². The number of hydrogen-bond donors (Lipinski definition) is 2. The molecule has 0 aromatic carbocycles. The molecule has 0 aliphatic carbocycles. The van der Waals surface area contributed by atoms with Gasteiger partial charge in [-0.15, -0.1) is 0 Å². The summed E-state index contributed by atoms with van der Waals surface area (Å²) in [7, 11) is 1.23. The van der Waals surface area contributed by atoms with E-state index >= 15 is 0 Å². The maximum Gasteiger partial charge on any atom is 0.268 e. The number of likely N-dealkylation sites (N-methyl/N-ethyl adjacent to an activating group) is 1. The molecule has 0 aromatic rings. The smallest absolute Gasteiger partial charge is 0.268 e. The Bertz CT molecular complexity index is 1050. The number of phosphoric ester groups is 1. The minimum absolute atomic E-state index is 0.0107. The van der Waals surface area contributed by atoms with Crippen molar-refractivity contribution in [2.75, 3.05) is 40.9 Å². The number of carbonyl (C=O) groups excluding carboxylic acids is 1. The lowest BCUT2D eigenvalue weighted by Crippen LogP contribution is -2.45. The summed E-state index contributed by atoms with van der Waals surface area (Å²) in [5.41, 5.74) is 0. The molecule has 2 N–H and O–H groups in total. The molecule has 0 aliphatic heterocycles. The molecule has 56 heavy (non-hydrogen) atoms. The van der Waals surface area contributed by atoms with E-state index in [1.165, 1.54) is 128 Å². The van der Waals surface area contributed by atoms with E-state index in [2.05, 4.69) is 42.6 Å². The number of unbranched alkanes of at least 4 members (excludes halogenated alkanes) is 23. The molecular formula is C47H89N2O6P. The molecule has 0 heterocycles. The van der Waals surface area contributed by atoms with Gasteiger partial charge in [0.1, 0.15) is 13.2 Å². The summed E-state index contributed by atoms with van der Waals surface area (Å²) in [5, 5.41) is 13.7. The lowest BCUT2D eigenvalue weighted by Gasteiger charge is -2.29. The van der Waals surface area contributed by atoms with Crippen LogP contribution < -0.4 is 10.2 Å². The third-order valence-electron chi connectivity index (χ3n) is 10.1. The van der Waals surface area contributed by atoms with E-state index in [-0.39, 0.29) is 12.5 Å². The van der Waals surface area contributed by atoms with Crippen molar-refractivity contribution in [3.63, 3.8) is 0 Å². The predicted octanol–water partition coefficient (Wildman–Crippen LogP) is 12.2. The van der Waals surface area contributed by atoms with Gasteiger partial charge in [-0.2, -0.15) is 0 Å². The van der Waals surface area contributed by atoms with Gasteiger partial charge >= 0.3 is 0 Å². The third kappa shape index (κ3) is 40.6. The van der Waals surface area contributed by atoms with Gasteiger partial charge in [0.05, 0.1) is 39.9 Å². The molecule has 0 aliphatic rings. The van der Waals surface area contributed by atoms with Crippen LogP contribution in [-0.4, -0.2) is 68.5 Å². The topological polar surface area (TPSA) is 108 Å². The molecule has 8 nitrogen and oxygen atoms in total. The Kier molecular flexibility index (Phi) is 37.9. The van der Waals surface area contributed by atoms with E-state index in [1.54, 1.807) is 6.08 Å². The second-order valence-electron chi connectivity index (χ2n) is 16.7. The highest BCUT2D eigenvalue weighted by molar-refractivity contribution is 7.45. The zero-order valence-electron chi connectivity index (χ0n) is 37.1. The van der Waals surface area contributed by atoms with Gasteiger partial charge in [-0.25, -0.2) is 0 Å². The SMILES string of the molecule is C/C=C/CC/C=C/CC/C=C/C(O)C(COP(=O)([O-])OCC[N+](C)(C)C)NC(=O)CCCCCCCCCCC/C=C\CCCCCCCCCCCCCC. The Balaban J connectivity index is 4.17. The van der Waals surface area contributed by atoms with Crippen LogP contribution in [0, 0.1) is 0 Å². The van der Waals surface area contributed by atoms with Crippen molar-refractivity contribution in [2.24, 2.45) is 0 Å². The molecule has 328 valence electrons. The van der Waals surface area contributed by atoms with Crippen LogP contribution in [0.2, 0.25) is 0 Å². The summed E-state index contributed by atoms with van der Waals surface area (Å²) in [5.74, 6) is -0.218. The predicted molar refractivity (Wildman–Crippen MR) is 238 cm³/mol. The van der Waals surface area contributed by atoms with Crippen LogP contribution in [0.4, 0.5) is 0 Å². The second kappa shape index (κ2) is 38.9. The molecule has 0 aromatic heterocycles. The minimum atomic E-state index is -4.59. The Morgan fingerprint density at radius 1 is 0.643 bits per heavy atom. The quantitative estimate of drug-likeness (QED) is 0.0276. The fraction of sp³-hybridized carbons (Fsp3) is 0.809. The summed E-state index contributed by atoms with van der Waals surface area (Å²) in [6.45, 7) is 4.38. The lowest BCUT2D eigenvalue weighted by molar-refractivity contribution is -0.870. The first-order valence-corrected chi connectivity index (χ1v) is 24.4. The Hall–Kier alpha value is -1.54. The number of allylic oxidation sites excluding steroid dienone is 7. The number of quaternary nitrogens is 1. The molecule has 0 radical (unpaired) electrons. The molecule has 9 heteroatoms. The minimum Gasteiger partial charge on any atom is -0.756 e. The average Bonchev–Trinajstić information content (AvgIpc) is 3.15. The number of rotatable bonds is 41. The molecule has 1 amide bonds. The maximum atomic E-state index is 12.8. The Morgan fingerprint density at radius 2 is 1.07 bits per heavy atom. The monoisotopic (exact) mass is 809 g/mol. The second-order valence-corrected chi connectivity index (χ2v) is 18.2. The third-order valence-corrected chi connectivity index (χ3v) is 11.0. The highest BCUT2D eigenvalue weighted by atomic mass is 31.2. The molecule has 0 spiro atoms. The van der Waals surface area contributed by atoms with Crippen molar-refractivity contribution < 1.29 is 32.9 Å². The largest absolute Gasteiger partial charge is 0.756 e. The molecule has 0 fully saturated rings. The van der Waals surface area contributed by atoms with Crippen molar-refractivity contribution in [3.05, 3.63) is 48.6 Å². The molecular weight excluding hydrogens is 719 g/mol. The van der Waals surface area contributed by atoms with Crippen molar-refractivity contribution in [2.45, 2.75) is 206 Å². The van der Waals surface area contributed by atoms with Crippen LogP contribution >= 0.6 is 7.82 Å². The fourth-order valence-corrected chi connectivity index (χ4v) is 7.14. The van der Waals surface area contributed by atoms with Gasteiger partial charge in [0.2, 0.25) is 5.91 Å². The number of nitrogens with zero attached hydrogens (tertiary/aromatic N) is 1. The molecule has 0 rings (SSSR count). The van der Waals surface area contributed by atoms with Crippen molar-refractivity contribution >= 4 is 13.7 Å². The van der Waals surface area contributed by atoms with Gasteiger partial charge in [0, 0.05) is 6.42 Å². The summed E-state index contributed by atoms with van der Waals surface area (Å²) >= 11 is 0. The van der Waals surface area contributed by atoms with Crippen molar-refractivity contribution in [3.8, 4) is 0 Å². The van der Waals surface area contributed by atoms with E-state index in [0.29, 0.717) is 17.4 Å². The number of phosphoric acid groups is 1. The number of aliphatic hydroxyl groups excluding tert-OH is 1. The van der Waals surface area contributed by atoms with Gasteiger partial charge in [-0.05, 0) is 64.7 Å². The van der Waals surface area contributed by atoms with Crippen molar-refractivity contribution in [1.82, 2.24) is 5.32 Å². The van der Waals surface area contributed by atoms with Crippen molar-refractivity contribution in [1.29, 1.82) is 0 Å². The first kappa shape index (κ1) is 54.5. The summed E-state index contributed by atoms with van der Waals surface area (Å²) in [4.78, 5) is 25.2. The zero-order chi connectivity index (χ0) is 41.4. The molecule has 0 saturated heterocycles. The summed E-state index contributed by atoms with van der Waals surface area (Å²) < 4.78 is 23.1. The summed E-state index contributed by atoms with van der Waals surface area (Å²) in [6, 6.07) is -0.908. The van der Waals surface area contributed by atoms with Gasteiger partial charge in [0.25, 0.3) is 7.82 Å². The van der Waals surface area contributed by atoms with Crippen LogP contribution in [0.3, 0.4) is 0 Å². The Morgan fingerprint density at radius 3 is 1.55 bits per heavy atom. The number of hydrogen-bond acceptors (Lipinski definition) is 6. The van der Waals surface area contributed by atoms with Gasteiger partial charge in [0.15, 0.2) is 0 Å². The zero-order valence-corrected chi connectivity index (χ0v) is 38.0. The van der Waals surface area contributed by atoms with Gasteiger partial charge < -0.3 is 28.8 Å². The van der Waals surface area contributed by atoms with E-state index in [4.69, 9.17) is 9.05 Å². The molecule has 0 bridgehead atoms. The Labute approximate surface area is 346 Å². The molecule has 3 unspecified atom stereocenters. The number of carbonyl (C=O) groups is 1. The van der Waals surface area contributed by atoms with Crippen LogP contribution in [0.25, 0.3) is 0 Å². The standard InChI is InChI=1S/C47H89N2O6P/c1-6-8-10-12-14-16-17-18-19-20-21-22-23-24-25-26-27-28-29-30-31-33-35-37-39-41-47(51)48-45(44-55-56(52,53)54-43-42-49(3,4)5)46(50)40-38-36-34-32-15-13-11-9-7-2/h7,9,15,24-25,32,38,40,45-46,50H,6,8,10-14,16-23,26-31,33-37,39,41-44H2,1-5H3,(H-,48,51,52,53)/b9-7+,25-24-,32-15+,40-38+. The fourth-order valence-electron chi connectivity index (χ4n) is 6.42. The van der Waals surface area contributed by atoms with Crippen LogP contribution in [-0.2, 0) is 18.4 Å². The first-order valence-electron chi connectivity index (χ1n) is 23.0. The maximum absolute atomic E-state index is 12.8. The van der Waals surface area contributed by atoms with Crippen LogP contribution in [0.1, 0.15) is 194 Å². The van der Waals surface area contributed by atoms with Crippen LogP contribution in [0.5, 0.6) is 0 Å². The van der Waals surface area contributed by atoms with Gasteiger partial charge in [-0.1, -0.05) is 171 Å². The molecule has 0 saturated carbocycles. The first-order chi connectivity index (χ1) is 27.0.